The molecule has 15 heavy (non-hydrogen) atoms. The minimum absolute atomic E-state index is 0.364. The number of ether oxygens (including phenoxy) is 2. The van der Waals surface area contributed by atoms with Gasteiger partial charge in [0.2, 0.25) is 0 Å². The predicted molar refractivity (Wildman–Crippen MR) is 57.6 cm³/mol. The Morgan fingerprint density at radius 1 is 1.27 bits per heavy atom. The van der Waals surface area contributed by atoms with Crippen LogP contribution in [0.15, 0.2) is 18.2 Å². The summed E-state index contributed by atoms with van der Waals surface area (Å²) in [5, 5.41) is 0. The molecule has 0 radical (unpaired) electrons. The van der Waals surface area contributed by atoms with Crippen molar-refractivity contribution in [2.75, 3.05) is 20.8 Å². The zero-order valence-electron chi connectivity index (χ0n) is 8.79. The molecule has 1 rings (SSSR count). The van der Waals surface area contributed by atoms with Gasteiger partial charge < -0.3 is 15.2 Å². The molecule has 0 bridgehead atoms. The van der Waals surface area contributed by atoms with Crippen molar-refractivity contribution in [1.29, 1.82) is 0 Å². The van der Waals surface area contributed by atoms with E-state index in [9.17, 15) is 4.39 Å². The minimum atomic E-state index is -0.364. The van der Waals surface area contributed by atoms with Gasteiger partial charge in [0.1, 0.15) is 5.82 Å². The quantitative estimate of drug-likeness (QED) is 0.826. The summed E-state index contributed by atoms with van der Waals surface area (Å²) in [5.74, 6) is 0.507. The van der Waals surface area contributed by atoms with Crippen LogP contribution in [0.3, 0.4) is 0 Å². The highest BCUT2D eigenvalue weighted by Crippen LogP contribution is 2.30. The maximum absolute atomic E-state index is 13.4. The van der Waals surface area contributed by atoms with Crippen LogP contribution in [0, 0.1) is 5.82 Å². The van der Waals surface area contributed by atoms with Crippen LogP contribution >= 0.6 is 0 Å². The Kier molecular flexibility index (Phi) is 4.12. The van der Waals surface area contributed by atoms with E-state index in [0.29, 0.717) is 23.6 Å². The van der Waals surface area contributed by atoms with Crippen molar-refractivity contribution in [3.8, 4) is 11.5 Å². The van der Waals surface area contributed by atoms with E-state index < -0.39 is 0 Å². The summed E-state index contributed by atoms with van der Waals surface area (Å²) in [7, 11) is 2.97. The standard InChI is InChI=1S/C11H14FNO2/c1-14-10-6-8(4-3-5-13)9(12)7-11(10)15-2/h3-4,6-7H,5,13H2,1-2H3/b4-3+. The molecule has 1 aromatic carbocycles. The molecule has 0 spiro atoms. The third-order valence-electron chi connectivity index (χ3n) is 1.94. The lowest BCUT2D eigenvalue weighted by molar-refractivity contribution is 0.352. The van der Waals surface area contributed by atoms with E-state index in [0.717, 1.165) is 0 Å². The number of nitrogens with two attached hydrogens (primary N) is 1. The van der Waals surface area contributed by atoms with Crippen LogP contribution in [0.4, 0.5) is 4.39 Å². The second-order valence-electron chi connectivity index (χ2n) is 2.87. The number of rotatable bonds is 4. The van der Waals surface area contributed by atoms with Crippen LogP contribution in [0.2, 0.25) is 0 Å². The van der Waals surface area contributed by atoms with Crippen LogP contribution in [-0.4, -0.2) is 20.8 Å². The zero-order chi connectivity index (χ0) is 11.3. The van der Waals surface area contributed by atoms with E-state index >= 15 is 0 Å². The fourth-order valence-electron chi connectivity index (χ4n) is 1.19. The molecule has 0 amide bonds. The second kappa shape index (κ2) is 5.36. The highest BCUT2D eigenvalue weighted by molar-refractivity contribution is 5.56. The van der Waals surface area contributed by atoms with Gasteiger partial charge in [-0.15, -0.1) is 0 Å². The first-order chi connectivity index (χ1) is 7.22. The van der Waals surface area contributed by atoms with Gasteiger partial charge in [0.05, 0.1) is 14.2 Å². The third-order valence-corrected chi connectivity index (χ3v) is 1.94. The zero-order valence-corrected chi connectivity index (χ0v) is 8.79. The average Bonchev–Trinajstić information content (AvgIpc) is 2.27. The van der Waals surface area contributed by atoms with Crippen molar-refractivity contribution in [2.24, 2.45) is 5.73 Å². The van der Waals surface area contributed by atoms with Gasteiger partial charge >= 0.3 is 0 Å². The highest BCUT2D eigenvalue weighted by atomic mass is 19.1. The van der Waals surface area contributed by atoms with Crippen LogP contribution in [0.1, 0.15) is 5.56 Å². The molecule has 0 atom stereocenters. The summed E-state index contributed by atoms with van der Waals surface area (Å²) in [6, 6.07) is 2.86. The maximum atomic E-state index is 13.4. The normalized spacial score (nSPS) is 10.7. The molecule has 0 aliphatic heterocycles. The Balaban J connectivity index is 3.13. The van der Waals surface area contributed by atoms with Gasteiger partial charge in [-0.05, 0) is 6.07 Å². The number of methoxy groups -OCH3 is 2. The van der Waals surface area contributed by atoms with Gasteiger partial charge in [-0.3, -0.25) is 0 Å². The molecule has 82 valence electrons. The van der Waals surface area contributed by atoms with Crippen LogP contribution in [-0.2, 0) is 0 Å². The van der Waals surface area contributed by atoms with Gasteiger partial charge in [-0.25, -0.2) is 4.39 Å². The molecule has 0 saturated heterocycles. The van der Waals surface area contributed by atoms with Crippen molar-refractivity contribution >= 4 is 6.08 Å². The van der Waals surface area contributed by atoms with Crippen molar-refractivity contribution in [3.05, 3.63) is 29.6 Å². The van der Waals surface area contributed by atoms with Crippen LogP contribution < -0.4 is 15.2 Å². The van der Waals surface area contributed by atoms with Crippen molar-refractivity contribution in [1.82, 2.24) is 0 Å². The second-order valence-corrected chi connectivity index (χ2v) is 2.87. The fraction of sp³-hybridized carbons (Fsp3) is 0.273. The van der Waals surface area contributed by atoms with Crippen LogP contribution in [0.25, 0.3) is 6.08 Å². The van der Waals surface area contributed by atoms with E-state index in [4.69, 9.17) is 15.2 Å². The molecule has 0 aliphatic rings. The molecule has 0 aliphatic carbocycles. The largest absolute Gasteiger partial charge is 0.493 e. The molecule has 2 N–H and O–H groups in total. The van der Waals surface area contributed by atoms with E-state index in [2.05, 4.69) is 0 Å². The molecule has 1 aromatic rings. The summed E-state index contributed by atoms with van der Waals surface area (Å²) in [6.07, 6.45) is 3.28. The molecule has 0 aromatic heterocycles. The number of benzene rings is 1. The Labute approximate surface area is 88.3 Å². The monoisotopic (exact) mass is 211 g/mol. The predicted octanol–water partition coefficient (Wildman–Crippen LogP) is 1.81. The average molecular weight is 211 g/mol. The first-order valence-corrected chi connectivity index (χ1v) is 4.51. The number of hydrogen-bond acceptors (Lipinski definition) is 3. The summed E-state index contributed by atoms with van der Waals surface area (Å²) >= 11 is 0. The maximum Gasteiger partial charge on any atom is 0.163 e. The molecule has 0 heterocycles. The Hall–Kier alpha value is -1.55. The molecule has 0 saturated carbocycles. The van der Waals surface area contributed by atoms with Gasteiger partial charge in [0, 0.05) is 18.2 Å². The number of hydrogen-bond donors (Lipinski definition) is 1. The summed E-state index contributed by atoms with van der Waals surface area (Å²) in [6.45, 7) is 0.369. The number of halogens is 1. The van der Waals surface area contributed by atoms with Crippen molar-refractivity contribution in [2.45, 2.75) is 0 Å². The van der Waals surface area contributed by atoms with Crippen molar-refractivity contribution < 1.29 is 13.9 Å². The van der Waals surface area contributed by atoms with E-state index in [1.807, 2.05) is 0 Å². The first kappa shape index (κ1) is 11.5. The Morgan fingerprint density at radius 3 is 2.40 bits per heavy atom. The minimum Gasteiger partial charge on any atom is -0.493 e. The Bertz CT molecular complexity index is 364. The van der Waals surface area contributed by atoms with E-state index in [1.54, 1.807) is 18.2 Å². The van der Waals surface area contributed by atoms with E-state index in [1.165, 1.54) is 20.3 Å². The smallest absolute Gasteiger partial charge is 0.163 e. The SMILES string of the molecule is COc1cc(F)c(/C=C/CN)cc1OC. The molecule has 0 unspecified atom stereocenters. The van der Waals surface area contributed by atoms with Gasteiger partial charge in [-0.2, -0.15) is 0 Å². The molecular weight excluding hydrogens is 197 g/mol. The molecule has 0 fully saturated rings. The summed E-state index contributed by atoms with van der Waals surface area (Å²) in [5.41, 5.74) is 5.72. The lowest BCUT2D eigenvalue weighted by Gasteiger charge is -2.08. The van der Waals surface area contributed by atoms with Crippen molar-refractivity contribution in [3.63, 3.8) is 0 Å². The lowest BCUT2D eigenvalue weighted by atomic mass is 10.1. The van der Waals surface area contributed by atoms with Crippen LogP contribution in [0.5, 0.6) is 11.5 Å². The first-order valence-electron chi connectivity index (χ1n) is 4.51. The third kappa shape index (κ3) is 2.70. The highest BCUT2D eigenvalue weighted by Gasteiger charge is 2.08. The molecule has 3 nitrogen and oxygen atoms in total. The molecular formula is C11H14FNO2. The van der Waals surface area contributed by atoms with Gasteiger partial charge in [0.15, 0.2) is 11.5 Å². The Morgan fingerprint density at radius 2 is 1.87 bits per heavy atom. The van der Waals surface area contributed by atoms with E-state index in [-0.39, 0.29) is 5.82 Å². The topological polar surface area (TPSA) is 44.5 Å². The summed E-state index contributed by atoms with van der Waals surface area (Å²) in [4.78, 5) is 0. The van der Waals surface area contributed by atoms with Gasteiger partial charge in [-0.1, -0.05) is 12.2 Å². The van der Waals surface area contributed by atoms with Gasteiger partial charge in [0.25, 0.3) is 0 Å². The fourth-order valence-corrected chi connectivity index (χ4v) is 1.19. The lowest BCUT2D eigenvalue weighted by Crippen LogP contribution is -1.95. The summed E-state index contributed by atoms with van der Waals surface area (Å²) < 4.78 is 23.5. The molecule has 4 heteroatoms.